The van der Waals surface area contributed by atoms with Crippen LogP contribution in [-0.2, 0) is 12.8 Å². The molecule has 1 aromatic carbocycles. The van der Waals surface area contributed by atoms with Crippen molar-refractivity contribution in [2.45, 2.75) is 25.4 Å². The smallest absolute Gasteiger partial charge is 0.0916 e. The van der Waals surface area contributed by atoms with Gasteiger partial charge in [-0.1, -0.05) is 18.2 Å². The van der Waals surface area contributed by atoms with Gasteiger partial charge in [0.15, 0.2) is 0 Å². The van der Waals surface area contributed by atoms with E-state index in [2.05, 4.69) is 18.2 Å². The summed E-state index contributed by atoms with van der Waals surface area (Å²) in [6.07, 6.45) is 3.30. The van der Waals surface area contributed by atoms with E-state index >= 15 is 0 Å². The van der Waals surface area contributed by atoms with E-state index in [1.165, 1.54) is 30.4 Å². The van der Waals surface area contributed by atoms with Crippen LogP contribution in [0.1, 0.15) is 29.2 Å². The van der Waals surface area contributed by atoms with Gasteiger partial charge in [0.2, 0.25) is 0 Å². The highest BCUT2D eigenvalue weighted by Crippen LogP contribution is 2.25. The minimum absolute atomic E-state index is 0.356. The van der Waals surface area contributed by atoms with Gasteiger partial charge in [0, 0.05) is 6.54 Å². The third-order valence-corrected chi connectivity index (χ3v) is 3.05. The van der Waals surface area contributed by atoms with Crippen LogP contribution in [0.3, 0.4) is 0 Å². The van der Waals surface area contributed by atoms with E-state index < -0.39 is 0 Å². The molecule has 0 saturated carbocycles. The Bertz CT molecular complexity index is 346. The molecule has 82 valence electrons. The van der Waals surface area contributed by atoms with Gasteiger partial charge in [-0.25, -0.2) is 0 Å². The van der Waals surface area contributed by atoms with Crippen molar-refractivity contribution >= 4 is 0 Å². The Kier molecular flexibility index (Phi) is 3.08. The average Bonchev–Trinajstić information content (AvgIpc) is 2.62. The summed E-state index contributed by atoms with van der Waals surface area (Å²) >= 11 is 0. The number of fused-ring (bicyclic) bond motifs is 1. The second kappa shape index (κ2) is 4.33. The Morgan fingerprint density at radius 3 is 2.73 bits per heavy atom. The Morgan fingerprint density at radius 1 is 1.27 bits per heavy atom. The lowest BCUT2D eigenvalue weighted by molar-refractivity contribution is 0.138. The van der Waals surface area contributed by atoms with Gasteiger partial charge in [-0.15, -0.1) is 0 Å². The van der Waals surface area contributed by atoms with Crippen molar-refractivity contribution < 1.29 is 5.11 Å². The molecule has 1 atom stereocenters. The number of aliphatic hydroxyl groups excluding tert-OH is 1. The molecule has 0 radical (unpaired) electrons. The first-order valence-corrected chi connectivity index (χ1v) is 5.61. The predicted octanol–water partition coefficient (Wildman–Crippen LogP) is 1.77. The maximum absolute atomic E-state index is 9.98. The summed E-state index contributed by atoms with van der Waals surface area (Å²) in [6, 6.07) is 6.42. The number of hydrogen-bond acceptors (Lipinski definition) is 2. The number of likely N-dealkylation sites (N-methyl/N-ethyl adjacent to an activating group) is 1. The molecule has 0 saturated heterocycles. The van der Waals surface area contributed by atoms with Crippen molar-refractivity contribution in [3.63, 3.8) is 0 Å². The molecule has 1 aromatic rings. The molecular formula is C13H19NO. The summed E-state index contributed by atoms with van der Waals surface area (Å²) in [7, 11) is 3.97. The predicted molar refractivity (Wildman–Crippen MR) is 62.0 cm³/mol. The highest BCUT2D eigenvalue weighted by atomic mass is 16.3. The number of aryl methyl sites for hydroxylation is 2. The molecule has 0 fully saturated rings. The highest BCUT2D eigenvalue weighted by Gasteiger charge is 2.14. The van der Waals surface area contributed by atoms with Gasteiger partial charge in [-0.2, -0.15) is 0 Å². The monoisotopic (exact) mass is 205 g/mol. The third-order valence-electron chi connectivity index (χ3n) is 3.05. The first-order valence-electron chi connectivity index (χ1n) is 5.61. The van der Waals surface area contributed by atoms with Crippen LogP contribution in [-0.4, -0.2) is 30.6 Å². The zero-order valence-corrected chi connectivity index (χ0v) is 9.53. The Balaban J connectivity index is 2.15. The number of rotatable bonds is 3. The van der Waals surface area contributed by atoms with Crippen LogP contribution >= 0.6 is 0 Å². The number of benzene rings is 1. The molecule has 0 amide bonds. The van der Waals surface area contributed by atoms with E-state index in [4.69, 9.17) is 0 Å². The van der Waals surface area contributed by atoms with E-state index in [1.807, 2.05) is 19.0 Å². The first-order chi connectivity index (χ1) is 7.16. The Labute approximate surface area is 91.5 Å². The maximum Gasteiger partial charge on any atom is 0.0916 e. The van der Waals surface area contributed by atoms with Gasteiger partial charge in [0.25, 0.3) is 0 Å². The quantitative estimate of drug-likeness (QED) is 0.813. The fraction of sp³-hybridized carbons (Fsp3) is 0.538. The standard InChI is InChI=1S/C13H19NO/c1-14(2)9-13(15)12-7-6-10-4-3-5-11(10)8-12/h6-8,13,15H,3-5,9H2,1-2H3. The number of hydrogen-bond donors (Lipinski definition) is 1. The molecule has 1 N–H and O–H groups in total. The second-order valence-electron chi connectivity index (χ2n) is 4.66. The summed E-state index contributed by atoms with van der Waals surface area (Å²) < 4.78 is 0. The zero-order chi connectivity index (χ0) is 10.8. The molecule has 0 aromatic heterocycles. The van der Waals surface area contributed by atoms with Gasteiger partial charge >= 0.3 is 0 Å². The van der Waals surface area contributed by atoms with Gasteiger partial charge in [0.05, 0.1) is 6.10 Å². The van der Waals surface area contributed by atoms with Crippen LogP contribution in [0.15, 0.2) is 18.2 Å². The molecule has 2 nitrogen and oxygen atoms in total. The summed E-state index contributed by atoms with van der Waals surface area (Å²) in [6.45, 7) is 0.693. The van der Waals surface area contributed by atoms with Crippen LogP contribution in [0.5, 0.6) is 0 Å². The van der Waals surface area contributed by atoms with Gasteiger partial charge in [-0.3, -0.25) is 0 Å². The summed E-state index contributed by atoms with van der Waals surface area (Å²) in [5.41, 5.74) is 3.96. The Morgan fingerprint density at radius 2 is 2.00 bits per heavy atom. The highest BCUT2D eigenvalue weighted by molar-refractivity contribution is 5.36. The lowest BCUT2D eigenvalue weighted by atomic mass is 10.0. The minimum atomic E-state index is -0.356. The SMILES string of the molecule is CN(C)CC(O)c1ccc2c(c1)CCC2. The van der Waals surface area contributed by atoms with Crippen molar-refractivity contribution in [3.8, 4) is 0 Å². The molecule has 2 heteroatoms. The number of aliphatic hydroxyl groups is 1. The van der Waals surface area contributed by atoms with Crippen molar-refractivity contribution in [1.29, 1.82) is 0 Å². The van der Waals surface area contributed by atoms with Crippen LogP contribution in [0.4, 0.5) is 0 Å². The van der Waals surface area contributed by atoms with Crippen LogP contribution < -0.4 is 0 Å². The van der Waals surface area contributed by atoms with Crippen LogP contribution in [0.2, 0.25) is 0 Å². The molecule has 1 aliphatic carbocycles. The molecular weight excluding hydrogens is 186 g/mol. The maximum atomic E-state index is 9.98. The largest absolute Gasteiger partial charge is 0.387 e. The average molecular weight is 205 g/mol. The molecule has 0 heterocycles. The van der Waals surface area contributed by atoms with Gasteiger partial charge < -0.3 is 10.0 Å². The zero-order valence-electron chi connectivity index (χ0n) is 9.53. The van der Waals surface area contributed by atoms with Crippen molar-refractivity contribution in [1.82, 2.24) is 4.90 Å². The van der Waals surface area contributed by atoms with Crippen molar-refractivity contribution in [3.05, 3.63) is 34.9 Å². The minimum Gasteiger partial charge on any atom is -0.387 e. The van der Waals surface area contributed by atoms with Crippen molar-refractivity contribution in [2.24, 2.45) is 0 Å². The summed E-state index contributed by atoms with van der Waals surface area (Å²) in [5.74, 6) is 0. The topological polar surface area (TPSA) is 23.5 Å². The molecule has 0 spiro atoms. The summed E-state index contributed by atoms with van der Waals surface area (Å²) in [4.78, 5) is 2.01. The van der Waals surface area contributed by atoms with E-state index in [9.17, 15) is 5.11 Å². The molecule has 15 heavy (non-hydrogen) atoms. The first kappa shape index (κ1) is 10.7. The molecule has 1 aliphatic rings. The van der Waals surface area contributed by atoms with E-state index in [1.54, 1.807) is 0 Å². The normalized spacial score (nSPS) is 16.8. The second-order valence-corrected chi connectivity index (χ2v) is 4.66. The molecule has 0 aliphatic heterocycles. The fourth-order valence-corrected chi connectivity index (χ4v) is 2.25. The fourth-order valence-electron chi connectivity index (χ4n) is 2.25. The Hall–Kier alpha value is -0.860. The van der Waals surface area contributed by atoms with Gasteiger partial charge in [-0.05, 0) is 50.0 Å². The van der Waals surface area contributed by atoms with E-state index in [-0.39, 0.29) is 6.10 Å². The molecule has 0 bridgehead atoms. The third kappa shape index (κ3) is 2.39. The lowest BCUT2D eigenvalue weighted by Crippen LogP contribution is -2.20. The van der Waals surface area contributed by atoms with E-state index in [0.717, 1.165) is 5.56 Å². The van der Waals surface area contributed by atoms with E-state index in [0.29, 0.717) is 6.54 Å². The van der Waals surface area contributed by atoms with Crippen LogP contribution in [0, 0.1) is 0 Å². The lowest BCUT2D eigenvalue weighted by Gasteiger charge is -2.17. The molecule has 2 rings (SSSR count). The van der Waals surface area contributed by atoms with Crippen LogP contribution in [0.25, 0.3) is 0 Å². The number of nitrogens with zero attached hydrogens (tertiary/aromatic N) is 1. The summed E-state index contributed by atoms with van der Waals surface area (Å²) in [5, 5.41) is 9.98. The van der Waals surface area contributed by atoms with Crippen molar-refractivity contribution in [2.75, 3.05) is 20.6 Å². The molecule has 1 unspecified atom stereocenters. The van der Waals surface area contributed by atoms with Gasteiger partial charge in [0.1, 0.15) is 0 Å².